The lowest BCUT2D eigenvalue weighted by molar-refractivity contribution is 0.559. The van der Waals surface area contributed by atoms with Crippen LogP contribution in [0, 0.1) is 6.92 Å². The zero-order valence-corrected chi connectivity index (χ0v) is 11.8. The number of aromatic nitrogens is 5. The Morgan fingerprint density at radius 3 is 2.53 bits per heavy atom. The topological polar surface area (TPSA) is 109 Å². The molecule has 0 spiro atoms. The van der Waals surface area contributed by atoms with E-state index in [0.717, 1.165) is 17.7 Å². The van der Waals surface area contributed by atoms with Crippen LogP contribution in [0.4, 0.5) is 0 Å². The highest BCUT2D eigenvalue weighted by Crippen LogP contribution is 2.23. The van der Waals surface area contributed by atoms with Gasteiger partial charge in [0.15, 0.2) is 5.82 Å². The summed E-state index contributed by atoms with van der Waals surface area (Å²) in [4.78, 5) is 0. The van der Waals surface area contributed by atoms with Gasteiger partial charge in [-0.15, -0.1) is 10.2 Å². The third-order valence-corrected chi connectivity index (χ3v) is 3.71. The van der Waals surface area contributed by atoms with Crippen molar-refractivity contribution < 1.29 is 8.42 Å². The van der Waals surface area contributed by atoms with Crippen LogP contribution in [0.3, 0.4) is 0 Å². The molecule has 0 saturated carbocycles. The van der Waals surface area contributed by atoms with Crippen LogP contribution in [0.15, 0.2) is 11.4 Å². The smallest absolute Gasteiger partial charge is 0.273 e. The lowest BCUT2D eigenvalue weighted by Crippen LogP contribution is -2.19. The zero-order chi connectivity index (χ0) is 14.2. The quantitative estimate of drug-likeness (QED) is 0.853. The van der Waals surface area contributed by atoms with Crippen molar-refractivity contribution >= 4 is 10.0 Å². The van der Waals surface area contributed by atoms with E-state index < -0.39 is 10.0 Å². The Balaban J connectivity index is 2.65. The van der Waals surface area contributed by atoms with Crippen LogP contribution in [0.1, 0.15) is 19.0 Å². The molecule has 2 heterocycles. The molecule has 0 aliphatic heterocycles. The van der Waals surface area contributed by atoms with E-state index in [1.165, 1.54) is 4.57 Å². The molecule has 0 aromatic carbocycles. The predicted molar refractivity (Wildman–Crippen MR) is 68.6 cm³/mol. The normalized spacial score (nSPS) is 12.0. The summed E-state index contributed by atoms with van der Waals surface area (Å²) in [7, 11) is -2.08. The molecular formula is C10H16N6O2S. The average molecular weight is 284 g/mol. The maximum Gasteiger partial charge on any atom is 0.273 e. The Kier molecular flexibility index (Phi) is 3.42. The van der Waals surface area contributed by atoms with E-state index in [1.54, 1.807) is 17.9 Å². The number of nitrogens with zero attached hydrogens (tertiary/aromatic N) is 5. The summed E-state index contributed by atoms with van der Waals surface area (Å²) in [5, 5.41) is 16.7. The van der Waals surface area contributed by atoms with Crippen molar-refractivity contribution in [3.63, 3.8) is 0 Å². The highest BCUT2D eigenvalue weighted by atomic mass is 32.2. The standard InChI is InChI=1S/C10H16N6O2S/c1-4-5-16-9(8-6-12-15(3)7(8)2)13-14-10(16)19(11,17)18/h6H,4-5H2,1-3H3,(H2,11,17,18). The lowest BCUT2D eigenvalue weighted by atomic mass is 10.2. The first kappa shape index (κ1) is 13.7. The van der Waals surface area contributed by atoms with Crippen LogP contribution in [-0.2, 0) is 23.6 Å². The Morgan fingerprint density at radius 2 is 2.05 bits per heavy atom. The van der Waals surface area contributed by atoms with Gasteiger partial charge in [-0.25, -0.2) is 13.6 Å². The predicted octanol–water partition coefficient (Wildman–Crippen LogP) is 0.0444. The van der Waals surface area contributed by atoms with Gasteiger partial charge in [0.2, 0.25) is 0 Å². The van der Waals surface area contributed by atoms with E-state index in [-0.39, 0.29) is 5.16 Å². The summed E-state index contributed by atoms with van der Waals surface area (Å²) < 4.78 is 26.2. The molecule has 0 unspecified atom stereocenters. The second-order valence-corrected chi connectivity index (χ2v) is 5.73. The minimum Gasteiger partial charge on any atom is -0.297 e. The van der Waals surface area contributed by atoms with Gasteiger partial charge in [-0.3, -0.25) is 9.25 Å². The first-order valence-corrected chi connectivity index (χ1v) is 7.35. The van der Waals surface area contributed by atoms with E-state index >= 15 is 0 Å². The van der Waals surface area contributed by atoms with Crippen LogP contribution >= 0.6 is 0 Å². The molecule has 0 bridgehead atoms. The van der Waals surface area contributed by atoms with Crippen molar-refractivity contribution in [3.05, 3.63) is 11.9 Å². The van der Waals surface area contributed by atoms with Gasteiger partial charge in [0.05, 0.1) is 11.8 Å². The summed E-state index contributed by atoms with van der Waals surface area (Å²) in [5.74, 6) is 0.469. The Morgan fingerprint density at radius 1 is 1.37 bits per heavy atom. The highest BCUT2D eigenvalue weighted by molar-refractivity contribution is 7.89. The SMILES string of the molecule is CCCn1c(-c2cnn(C)c2C)nnc1S(N)(=O)=O. The van der Waals surface area contributed by atoms with Gasteiger partial charge in [0.25, 0.3) is 15.2 Å². The van der Waals surface area contributed by atoms with E-state index in [2.05, 4.69) is 15.3 Å². The van der Waals surface area contributed by atoms with Gasteiger partial charge < -0.3 is 0 Å². The van der Waals surface area contributed by atoms with Gasteiger partial charge in [-0.2, -0.15) is 5.10 Å². The van der Waals surface area contributed by atoms with Crippen molar-refractivity contribution in [1.82, 2.24) is 24.5 Å². The van der Waals surface area contributed by atoms with Gasteiger partial charge in [0.1, 0.15) is 0 Å². The number of primary sulfonamides is 1. The molecule has 19 heavy (non-hydrogen) atoms. The molecule has 104 valence electrons. The van der Waals surface area contributed by atoms with E-state index in [9.17, 15) is 8.42 Å². The molecule has 0 radical (unpaired) electrons. The Bertz CT molecular complexity index is 700. The molecule has 0 atom stereocenters. The number of aryl methyl sites for hydroxylation is 1. The first-order valence-electron chi connectivity index (χ1n) is 5.81. The maximum absolute atomic E-state index is 11.5. The van der Waals surface area contributed by atoms with Crippen molar-refractivity contribution in [3.8, 4) is 11.4 Å². The van der Waals surface area contributed by atoms with Crippen molar-refractivity contribution in [2.24, 2.45) is 12.2 Å². The minimum atomic E-state index is -3.89. The number of rotatable bonds is 4. The molecule has 0 amide bonds. The average Bonchev–Trinajstić information content (AvgIpc) is 2.85. The van der Waals surface area contributed by atoms with Crippen LogP contribution in [-0.4, -0.2) is 33.0 Å². The van der Waals surface area contributed by atoms with Crippen LogP contribution < -0.4 is 5.14 Å². The van der Waals surface area contributed by atoms with E-state index in [1.807, 2.05) is 13.8 Å². The molecule has 2 aromatic heterocycles. The van der Waals surface area contributed by atoms with E-state index in [0.29, 0.717) is 12.4 Å². The lowest BCUT2D eigenvalue weighted by Gasteiger charge is -2.07. The van der Waals surface area contributed by atoms with Gasteiger partial charge >= 0.3 is 0 Å². The number of sulfonamides is 1. The zero-order valence-electron chi connectivity index (χ0n) is 11.0. The second-order valence-electron chi connectivity index (χ2n) is 4.27. The molecule has 2 N–H and O–H groups in total. The van der Waals surface area contributed by atoms with Crippen molar-refractivity contribution in [2.45, 2.75) is 32.0 Å². The van der Waals surface area contributed by atoms with Crippen LogP contribution in [0.2, 0.25) is 0 Å². The number of hydrogen-bond acceptors (Lipinski definition) is 5. The minimum absolute atomic E-state index is 0.215. The first-order chi connectivity index (χ1) is 8.86. The summed E-state index contributed by atoms with van der Waals surface area (Å²) in [6, 6.07) is 0. The van der Waals surface area contributed by atoms with Crippen molar-refractivity contribution in [1.29, 1.82) is 0 Å². The van der Waals surface area contributed by atoms with Gasteiger partial charge in [-0.1, -0.05) is 6.92 Å². The Hall–Kier alpha value is -1.74. The van der Waals surface area contributed by atoms with Crippen molar-refractivity contribution in [2.75, 3.05) is 0 Å². The fourth-order valence-electron chi connectivity index (χ4n) is 1.84. The molecule has 8 nitrogen and oxygen atoms in total. The Labute approximate surface area is 111 Å². The fraction of sp³-hybridized carbons (Fsp3) is 0.500. The van der Waals surface area contributed by atoms with Crippen LogP contribution in [0.25, 0.3) is 11.4 Å². The highest BCUT2D eigenvalue weighted by Gasteiger charge is 2.23. The summed E-state index contributed by atoms with van der Waals surface area (Å²) in [6.07, 6.45) is 2.38. The summed E-state index contributed by atoms with van der Waals surface area (Å²) >= 11 is 0. The van der Waals surface area contributed by atoms with E-state index in [4.69, 9.17) is 5.14 Å². The molecule has 0 aliphatic carbocycles. The monoisotopic (exact) mass is 284 g/mol. The molecular weight excluding hydrogens is 268 g/mol. The summed E-state index contributed by atoms with van der Waals surface area (Å²) in [6.45, 7) is 4.29. The second kappa shape index (κ2) is 4.74. The maximum atomic E-state index is 11.5. The molecule has 2 aromatic rings. The third kappa shape index (κ3) is 2.38. The molecule has 0 saturated heterocycles. The summed E-state index contributed by atoms with van der Waals surface area (Å²) in [5.41, 5.74) is 1.63. The number of nitrogens with two attached hydrogens (primary N) is 1. The molecule has 0 fully saturated rings. The van der Waals surface area contributed by atoms with Gasteiger partial charge in [0, 0.05) is 19.3 Å². The molecule has 2 rings (SSSR count). The van der Waals surface area contributed by atoms with Gasteiger partial charge in [-0.05, 0) is 13.3 Å². The number of hydrogen-bond donors (Lipinski definition) is 1. The third-order valence-electron chi connectivity index (χ3n) is 2.89. The molecule has 0 aliphatic rings. The molecule has 9 heteroatoms. The largest absolute Gasteiger partial charge is 0.297 e. The fourth-order valence-corrected chi connectivity index (χ4v) is 2.48. The van der Waals surface area contributed by atoms with Crippen LogP contribution in [0.5, 0.6) is 0 Å².